The molecule has 152 valence electrons. The third-order valence-electron chi connectivity index (χ3n) is 3.73. The highest BCUT2D eigenvalue weighted by Crippen LogP contribution is 2.23. The summed E-state index contributed by atoms with van der Waals surface area (Å²) >= 11 is 7.18. The third kappa shape index (κ3) is 5.36. The molecule has 0 bridgehead atoms. The molecule has 0 aliphatic carbocycles. The maximum absolute atomic E-state index is 12.1. The van der Waals surface area contributed by atoms with E-state index in [1.807, 2.05) is 12.1 Å². The zero-order chi connectivity index (χ0) is 21.0. The van der Waals surface area contributed by atoms with E-state index in [0.29, 0.717) is 10.6 Å². The zero-order valence-electron chi connectivity index (χ0n) is 15.5. The van der Waals surface area contributed by atoms with Gasteiger partial charge in [-0.2, -0.15) is 0 Å². The van der Waals surface area contributed by atoms with Crippen LogP contribution in [0.5, 0.6) is 0 Å². The Balaban J connectivity index is 1.61. The summed E-state index contributed by atoms with van der Waals surface area (Å²) in [6.45, 7) is 0. The monoisotopic (exact) mass is 452 g/mol. The summed E-state index contributed by atoms with van der Waals surface area (Å²) in [5, 5.41) is 10.8. The Morgan fingerprint density at radius 3 is 2.38 bits per heavy atom. The molecule has 8 nitrogen and oxygen atoms in total. The molecule has 0 saturated heterocycles. The molecule has 0 atom stereocenters. The Morgan fingerprint density at radius 2 is 1.76 bits per heavy atom. The molecule has 11 heteroatoms. The van der Waals surface area contributed by atoms with Crippen LogP contribution in [0.15, 0.2) is 62.7 Å². The number of amides is 1. The maximum atomic E-state index is 12.1. The van der Waals surface area contributed by atoms with Gasteiger partial charge in [0.1, 0.15) is 0 Å². The normalized spacial score (nSPS) is 11.6. The van der Waals surface area contributed by atoms with Crippen molar-refractivity contribution in [3.8, 4) is 11.5 Å². The minimum Gasteiger partial charge on any atom is -0.403 e. The number of hydrogen-bond acceptors (Lipinski definition) is 7. The van der Waals surface area contributed by atoms with Gasteiger partial charge < -0.3 is 4.42 Å². The van der Waals surface area contributed by atoms with E-state index in [1.54, 1.807) is 24.3 Å². The van der Waals surface area contributed by atoms with E-state index in [2.05, 4.69) is 15.5 Å². The van der Waals surface area contributed by atoms with Crippen LogP contribution >= 0.6 is 23.4 Å². The van der Waals surface area contributed by atoms with Crippen LogP contribution in [0.25, 0.3) is 11.5 Å². The molecular weight excluding hydrogens is 436 g/mol. The van der Waals surface area contributed by atoms with Gasteiger partial charge >= 0.3 is 6.01 Å². The van der Waals surface area contributed by atoms with Crippen LogP contribution in [0.3, 0.4) is 0 Å². The first-order valence-electron chi connectivity index (χ1n) is 8.30. The summed E-state index contributed by atoms with van der Waals surface area (Å²) in [6, 6.07) is 13.1. The van der Waals surface area contributed by atoms with Gasteiger partial charge in [0, 0.05) is 29.6 Å². The number of aromatic nitrogens is 2. The first-order chi connectivity index (χ1) is 13.8. The third-order valence-corrected chi connectivity index (χ3v) is 6.83. The fraction of sp³-hybridized carbons (Fsp3) is 0.167. The largest absolute Gasteiger partial charge is 0.403 e. The van der Waals surface area contributed by atoms with Crippen LogP contribution < -0.4 is 5.32 Å². The molecule has 29 heavy (non-hydrogen) atoms. The summed E-state index contributed by atoms with van der Waals surface area (Å²) in [7, 11) is -0.599. The van der Waals surface area contributed by atoms with Gasteiger partial charge in [-0.3, -0.25) is 10.1 Å². The van der Waals surface area contributed by atoms with Gasteiger partial charge in [-0.15, -0.1) is 16.9 Å². The Morgan fingerprint density at radius 1 is 1.10 bits per heavy atom. The van der Waals surface area contributed by atoms with Gasteiger partial charge in [-0.25, -0.2) is 12.7 Å². The van der Waals surface area contributed by atoms with Crippen LogP contribution in [-0.2, 0) is 14.8 Å². The molecular formula is C18H17ClN4O4S2. The lowest BCUT2D eigenvalue weighted by atomic mass is 10.2. The number of hydrogen-bond donors (Lipinski definition) is 1. The fourth-order valence-corrected chi connectivity index (χ4v) is 3.93. The molecule has 1 heterocycles. The van der Waals surface area contributed by atoms with Crippen LogP contribution in [0.1, 0.15) is 0 Å². The summed E-state index contributed by atoms with van der Waals surface area (Å²) in [5.74, 6) is 0.0308. The van der Waals surface area contributed by atoms with E-state index in [9.17, 15) is 13.2 Å². The molecule has 3 rings (SSSR count). The Hall–Kier alpha value is -2.40. The molecule has 1 amide bonds. The smallest absolute Gasteiger partial charge is 0.322 e. The van der Waals surface area contributed by atoms with Crippen LogP contribution in [-0.4, -0.2) is 48.7 Å². The highest BCUT2D eigenvalue weighted by molar-refractivity contribution is 8.00. The number of rotatable bonds is 7. The molecule has 0 fully saturated rings. The van der Waals surface area contributed by atoms with Crippen molar-refractivity contribution in [1.29, 1.82) is 0 Å². The van der Waals surface area contributed by atoms with Crippen molar-refractivity contribution < 1.29 is 17.6 Å². The molecule has 0 aliphatic rings. The average Bonchev–Trinajstić information content (AvgIpc) is 3.16. The summed E-state index contributed by atoms with van der Waals surface area (Å²) < 4.78 is 30.8. The summed E-state index contributed by atoms with van der Waals surface area (Å²) in [4.78, 5) is 13.1. The Kier molecular flexibility index (Phi) is 6.58. The number of thioether (sulfide) groups is 1. The first kappa shape index (κ1) is 21.3. The van der Waals surface area contributed by atoms with Gasteiger partial charge in [0.25, 0.3) is 0 Å². The lowest BCUT2D eigenvalue weighted by Gasteiger charge is -2.11. The topological polar surface area (TPSA) is 105 Å². The molecule has 0 aliphatic heterocycles. The van der Waals surface area contributed by atoms with E-state index in [-0.39, 0.29) is 28.5 Å². The number of sulfonamides is 1. The van der Waals surface area contributed by atoms with Gasteiger partial charge in [-0.05, 0) is 48.5 Å². The molecule has 1 aromatic heterocycles. The second-order valence-electron chi connectivity index (χ2n) is 6.01. The van der Waals surface area contributed by atoms with Crippen LogP contribution in [0.2, 0.25) is 5.02 Å². The fourth-order valence-electron chi connectivity index (χ4n) is 2.21. The number of nitrogens with zero attached hydrogens (tertiary/aromatic N) is 3. The average molecular weight is 453 g/mol. The predicted molar refractivity (Wildman–Crippen MR) is 111 cm³/mol. The van der Waals surface area contributed by atoms with Crippen molar-refractivity contribution >= 4 is 45.3 Å². The van der Waals surface area contributed by atoms with Crippen LogP contribution in [0, 0.1) is 0 Å². The number of benzene rings is 2. The minimum absolute atomic E-state index is 0.0355. The molecule has 0 radical (unpaired) electrons. The Labute approximate surface area is 177 Å². The van der Waals surface area contributed by atoms with E-state index < -0.39 is 10.0 Å². The van der Waals surface area contributed by atoms with Gasteiger partial charge in [0.2, 0.25) is 21.8 Å². The van der Waals surface area contributed by atoms with E-state index in [4.69, 9.17) is 16.0 Å². The van der Waals surface area contributed by atoms with Crippen LogP contribution in [0.4, 0.5) is 6.01 Å². The van der Waals surface area contributed by atoms with Gasteiger partial charge in [-0.1, -0.05) is 16.7 Å². The summed E-state index contributed by atoms with van der Waals surface area (Å²) in [5.41, 5.74) is 0.534. The molecule has 0 spiro atoms. The van der Waals surface area contributed by atoms with Gasteiger partial charge in [0.15, 0.2) is 0 Å². The standard InChI is InChI=1S/C18H17ClN4O4S2/c1-23(2)29(25,26)15-9-3-12(4-10-15)17-21-22-18(27-17)20-16(24)11-28-14-7-5-13(19)6-8-14/h3-10H,11H2,1-2H3,(H,20,22,24). The molecule has 3 aromatic rings. The van der Waals surface area contributed by atoms with Crippen molar-refractivity contribution in [1.82, 2.24) is 14.5 Å². The quantitative estimate of drug-likeness (QED) is 0.548. The van der Waals surface area contributed by atoms with Crippen molar-refractivity contribution in [3.05, 3.63) is 53.6 Å². The highest BCUT2D eigenvalue weighted by Gasteiger charge is 2.18. The van der Waals surface area contributed by atoms with Crippen molar-refractivity contribution in [2.75, 3.05) is 25.2 Å². The zero-order valence-corrected chi connectivity index (χ0v) is 17.9. The lowest BCUT2D eigenvalue weighted by molar-refractivity contribution is -0.113. The SMILES string of the molecule is CN(C)S(=O)(=O)c1ccc(-c2nnc(NC(=O)CSc3ccc(Cl)cc3)o2)cc1. The number of carbonyl (C=O) groups is 1. The predicted octanol–water partition coefficient (Wildman–Crippen LogP) is 3.37. The Bertz CT molecular complexity index is 1100. The van der Waals surface area contributed by atoms with Crippen molar-refractivity contribution in [2.45, 2.75) is 9.79 Å². The number of nitrogens with one attached hydrogen (secondary N) is 1. The van der Waals surface area contributed by atoms with Crippen molar-refractivity contribution in [3.63, 3.8) is 0 Å². The second kappa shape index (κ2) is 8.95. The van der Waals surface area contributed by atoms with E-state index in [0.717, 1.165) is 9.20 Å². The molecule has 0 unspecified atom stereocenters. The second-order valence-corrected chi connectivity index (χ2v) is 9.65. The maximum Gasteiger partial charge on any atom is 0.322 e. The van der Waals surface area contributed by atoms with Gasteiger partial charge in [0.05, 0.1) is 10.6 Å². The highest BCUT2D eigenvalue weighted by atomic mass is 35.5. The summed E-state index contributed by atoms with van der Waals surface area (Å²) in [6.07, 6.45) is 0. The first-order valence-corrected chi connectivity index (χ1v) is 11.1. The van der Waals surface area contributed by atoms with E-state index >= 15 is 0 Å². The minimum atomic E-state index is -3.52. The number of carbonyl (C=O) groups excluding carboxylic acids is 1. The lowest BCUT2D eigenvalue weighted by Crippen LogP contribution is -2.22. The number of anilines is 1. The number of halogens is 1. The molecule has 2 aromatic carbocycles. The molecule has 0 saturated carbocycles. The van der Waals surface area contributed by atoms with Crippen molar-refractivity contribution in [2.24, 2.45) is 0 Å². The van der Waals surface area contributed by atoms with E-state index in [1.165, 1.54) is 38.0 Å². The molecule has 1 N–H and O–H groups in total.